The van der Waals surface area contributed by atoms with Crippen LogP contribution >= 0.6 is 11.6 Å². The van der Waals surface area contributed by atoms with Gasteiger partial charge in [-0.2, -0.15) is 18.4 Å². The van der Waals surface area contributed by atoms with Crippen molar-refractivity contribution in [2.24, 2.45) is 0 Å². The number of rotatable bonds is 8. The van der Waals surface area contributed by atoms with Gasteiger partial charge in [-0.05, 0) is 110 Å². The van der Waals surface area contributed by atoms with Crippen LogP contribution in [0.1, 0.15) is 69.5 Å². The summed E-state index contributed by atoms with van der Waals surface area (Å²) < 4.78 is 73.5. The van der Waals surface area contributed by atoms with Gasteiger partial charge in [0.05, 0.1) is 43.0 Å². The molecule has 3 aliphatic carbocycles. The zero-order chi connectivity index (χ0) is 53.1. The average molecular weight is 1040 g/mol. The molecule has 0 saturated heterocycles. The first kappa shape index (κ1) is 48.6. The molecule has 0 aliphatic heterocycles. The third-order valence-corrected chi connectivity index (χ3v) is 14.3. The second-order valence-corrected chi connectivity index (χ2v) is 19.0. The van der Waals surface area contributed by atoms with Crippen molar-refractivity contribution < 1.29 is 31.8 Å². The molecule has 3 aliphatic rings. The van der Waals surface area contributed by atoms with Crippen LogP contribution in [0.25, 0.3) is 76.8 Å². The summed E-state index contributed by atoms with van der Waals surface area (Å²) in [6.07, 6.45) is -3.00. The van der Waals surface area contributed by atoms with Crippen LogP contribution in [-0.2, 0) is 25.4 Å². The minimum Gasteiger partial charge on any atom is -0.480 e. The summed E-state index contributed by atoms with van der Waals surface area (Å²) in [6.45, 7) is 4.43. The number of nitrogens with zero attached hydrogens (tertiary/aromatic N) is 6. The summed E-state index contributed by atoms with van der Waals surface area (Å²) in [7, 11) is 1.39. The lowest BCUT2D eigenvalue weighted by Gasteiger charge is -2.15. The SMILES string of the molecule is CCOc1nc2c(c(-c3ccc(Cl)cc3)c1C#[N+]c1ccc3c(c1)-c1nc(OCC)c(C#[N+]c4ccc5c(c4)-c4nc(OC)c(C#N)c(-c6ccc(C(F)(F)F)cc6)c4C5)c(-c4ccc(F)cc4)c1C3)Cc1ccccc1-2. The Labute approximate surface area is 445 Å². The first-order valence-electron chi connectivity index (χ1n) is 24.8. The minimum atomic E-state index is -4.53. The van der Waals surface area contributed by atoms with Crippen molar-refractivity contribution in [2.75, 3.05) is 20.3 Å². The molecule has 3 aromatic heterocycles. The summed E-state index contributed by atoms with van der Waals surface area (Å²) in [6, 6.07) is 47.3. The van der Waals surface area contributed by atoms with E-state index in [1.54, 1.807) is 12.1 Å². The quantitative estimate of drug-likeness (QED) is 0.140. The molecule has 12 rings (SSSR count). The van der Waals surface area contributed by atoms with Gasteiger partial charge >= 0.3 is 29.7 Å². The number of alkyl halides is 3. The van der Waals surface area contributed by atoms with E-state index in [0.717, 1.165) is 67.9 Å². The largest absolute Gasteiger partial charge is 0.480 e. The molecule has 0 bridgehead atoms. The predicted molar refractivity (Wildman–Crippen MR) is 289 cm³/mol. The van der Waals surface area contributed by atoms with Crippen LogP contribution in [0.4, 0.5) is 28.9 Å². The second-order valence-electron chi connectivity index (χ2n) is 18.6. The molecule has 3 heterocycles. The molecular weight excluding hydrogens is 1000 g/mol. The van der Waals surface area contributed by atoms with Crippen LogP contribution in [0.3, 0.4) is 0 Å². The van der Waals surface area contributed by atoms with Crippen molar-refractivity contribution in [2.45, 2.75) is 39.3 Å². The molecule has 0 N–H and O–H groups in total. The minimum absolute atomic E-state index is 0.0454. The number of fused-ring (bicyclic) bond motifs is 9. The molecule has 0 amide bonds. The van der Waals surface area contributed by atoms with Crippen molar-refractivity contribution in [1.29, 1.82) is 5.26 Å². The van der Waals surface area contributed by atoms with E-state index in [4.69, 9.17) is 50.5 Å². The highest BCUT2D eigenvalue weighted by Crippen LogP contribution is 2.49. The highest BCUT2D eigenvalue weighted by molar-refractivity contribution is 6.30. The Morgan fingerprint density at radius 2 is 1.00 bits per heavy atom. The Hall–Kier alpha value is -9.35. The van der Waals surface area contributed by atoms with E-state index in [1.807, 2.05) is 86.6 Å². The zero-order valence-corrected chi connectivity index (χ0v) is 42.3. The first-order valence-corrected chi connectivity index (χ1v) is 25.2. The topological polar surface area (TPSA) is 98.9 Å². The summed E-state index contributed by atoms with van der Waals surface area (Å²) in [5.41, 5.74) is 16.0. The molecule has 77 heavy (non-hydrogen) atoms. The lowest BCUT2D eigenvalue weighted by molar-refractivity contribution is -0.137. The summed E-state index contributed by atoms with van der Waals surface area (Å²) >= 11 is 6.40. The number of pyridine rings is 3. The Morgan fingerprint density at radius 3 is 1.48 bits per heavy atom. The van der Waals surface area contributed by atoms with Gasteiger partial charge < -0.3 is 14.2 Å². The van der Waals surface area contributed by atoms with E-state index in [9.17, 15) is 22.8 Å². The van der Waals surface area contributed by atoms with Gasteiger partial charge in [-0.3, -0.25) is 0 Å². The van der Waals surface area contributed by atoms with Crippen molar-refractivity contribution in [1.82, 2.24) is 15.0 Å². The van der Waals surface area contributed by atoms with E-state index < -0.39 is 17.6 Å². The van der Waals surface area contributed by atoms with Gasteiger partial charge in [0.15, 0.2) is 11.1 Å². The van der Waals surface area contributed by atoms with Gasteiger partial charge in [-0.15, -0.1) is 0 Å². The molecule has 0 spiro atoms. The number of hydrogen-bond acceptors (Lipinski definition) is 7. The lowest BCUT2D eigenvalue weighted by atomic mass is 9.93. The van der Waals surface area contributed by atoms with Gasteiger partial charge in [-0.1, -0.05) is 84.4 Å². The summed E-state index contributed by atoms with van der Waals surface area (Å²) in [4.78, 5) is 24.9. The van der Waals surface area contributed by atoms with Crippen LogP contribution in [0.2, 0.25) is 5.02 Å². The molecule has 374 valence electrons. The monoisotopic (exact) mass is 1040 g/mol. The number of hydrogen-bond donors (Lipinski definition) is 0. The first-order chi connectivity index (χ1) is 37.4. The van der Waals surface area contributed by atoms with Crippen molar-refractivity contribution in [3.63, 3.8) is 0 Å². The smallest absolute Gasteiger partial charge is 0.416 e. The molecule has 0 unspecified atom stereocenters. The fourth-order valence-corrected chi connectivity index (χ4v) is 10.8. The van der Waals surface area contributed by atoms with Crippen molar-refractivity contribution >= 4 is 23.0 Å². The Morgan fingerprint density at radius 1 is 0.558 bits per heavy atom. The fourth-order valence-electron chi connectivity index (χ4n) is 10.7. The third-order valence-electron chi connectivity index (χ3n) is 14.1. The molecule has 0 fully saturated rings. The Bertz CT molecular complexity index is 4110. The average Bonchev–Trinajstić information content (AvgIpc) is 4.28. The van der Waals surface area contributed by atoms with Crippen LogP contribution in [0.5, 0.6) is 17.6 Å². The normalized spacial score (nSPS) is 12.1. The molecule has 9 aromatic rings. The molecule has 0 saturated carbocycles. The highest BCUT2D eigenvalue weighted by Gasteiger charge is 2.35. The van der Waals surface area contributed by atoms with Crippen LogP contribution in [0.15, 0.2) is 133 Å². The van der Waals surface area contributed by atoms with Crippen LogP contribution in [-0.4, -0.2) is 35.3 Å². The van der Waals surface area contributed by atoms with E-state index >= 15 is 0 Å². The highest BCUT2D eigenvalue weighted by atomic mass is 35.5. The lowest BCUT2D eigenvalue weighted by Crippen LogP contribution is -2.05. The molecule has 9 nitrogen and oxygen atoms in total. The van der Waals surface area contributed by atoms with Gasteiger partial charge in [0.1, 0.15) is 17.4 Å². The third kappa shape index (κ3) is 8.63. The molecule has 14 heteroatoms. The second kappa shape index (κ2) is 19.4. The number of halogens is 5. The fraction of sp³-hybridized carbons (Fsp3) is 0.143. The maximum atomic E-state index is 14.6. The van der Waals surface area contributed by atoms with Gasteiger partial charge in [0, 0.05) is 81.9 Å². The van der Waals surface area contributed by atoms with Crippen molar-refractivity contribution in [3.8, 4) is 103 Å². The summed E-state index contributed by atoms with van der Waals surface area (Å²) in [5, 5.41) is 10.9. The standard InChI is InChI=1S/C63H41ClF4N6O3/c1-4-76-61-52(55(35-12-20-41(64)21-13-35)49-26-37-8-6-7-9-45(37)57(49)73-61)32-70-44-25-17-39-28-50-56(36-14-22-42(65)23-15-36)53(62(77-5-2)74-59(50)47(39)30-44)33-71-43-24-16-38-27-48-54(34-10-18-40(19-11-34)63(66,67)68)51(31-69)60(75-3)72-58(48)46(38)29-43/h6-25,29-30H,4-5,26-28H2,1-3H3/q+2. The van der Waals surface area contributed by atoms with E-state index in [0.29, 0.717) is 98.5 Å². The number of ether oxygens (including phenoxy) is 3. The number of nitriles is 1. The predicted octanol–water partition coefficient (Wildman–Crippen LogP) is 16.1. The molecule has 6 aromatic carbocycles. The molecule has 0 atom stereocenters. The van der Waals surface area contributed by atoms with E-state index in [-0.39, 0.29) is 23.9 Å². The van der Waals surface area contributed by atoms with E-state index in [1.165, 1.54) is 36.9 Å². The van der Waals surface area contributed by atoms with Crippen LogP contribution in [0, 0.1) is 29.3 Å². The maximum Gasteiger partial charge on any atom is 0.416 e. The van der Waals surface area contributed by atoms with E-state index in [2.05, 4.69) is 30.3 Å². The Balaban J connectivity index is 0.957. The van der Waals surface area contributed by atoms with Crippen LogP contribution < -0.4 is 14.2 Å². The maximum absolute atomic E-state index is 14.6. The van der Waals surface area contributed by atoms with Crippen molar-refractivity contribution in [3.05, 3.63) is 210 Å². The summed E-state index contributed by atoms with van der Waals surface area (Å²) in [5.74, 6) is 0.337. The number of methoxy groups -OCH3 is 1. The van der Waals surface area contributed by atoms with Gasteiger partial charge in [0.2, 0.25) is 17.6 Å². The molecular formula is C63H41ClF4N6O3+2. The number of benzene rings is 6. The number of aromatic nitrogens is 3. The van der Waals surface area contributed by atoms with Gasteiger partial charge in [0.25, 0.3) is 0 Å². The zero-order valence-electron chi connectivity index (χ0n) is 41.5. The Kier molecular flexibility index (Phi) is 12.2. The molecule has 0 radical (unpaired) electrons. The van der Waals surface area contributed by atoms with Gasteiger partial charge in [-0.25, -0.2) is 19.3 Å².